The first-order chi connectivity index (χ1) is 15.3. The van der Waals surface area contributed by atoms with Crippen molar-refractivity contribution in [3.63, 3.8) is 0 Å². The van der Waals surface area contributed by atoms with E-state index >= 15 is 0 Å². The van der Waals surface area contributed by atoms with Crippen molar-refractivity contribution < 1.29 is 17.9 Å². The molecule has 2 fully saturated rings. The van der Waals surface area contributed by atoms with Crippen LogP contribution in [-0.2, 0) is 27.8 Å². The Kier molecular flexibility index (Phi) is 7.19. The number of aromatic nitrogens is 2. The van der Waals surface area contributed by atoms with Crippen LogP contribution in [0.25, 0.3) is 0 Å². The lowest BCUT2D eigenvalue weighted by Gasteiger charge is -2.36. The second kappa shape index (κ2) is 9.91. The van der Waals surface area contributed by atoms with Crippen molar-refractivity contribution in [1.82, 2.24) is 14.3 Å². The molecular formula is C22H29ClN4O4S. The number of hydrogen-bond acceptors (Lipinski definition) is 7. The summed E-state index contributed by atoms with van der Waals surface area (Å²) in [6.07, 6.45) is 7.69. The molecule has 3 heterocycles. The van der Waals surface area contributed by atoms with Gasteiger partial charge in [0, 0.05) is 51.4 Å². The normalized spacial score (nSPS) is 18.5. The Morgan fingerprint density at radius 1 is 1.09 bits per heavy atom. The van der Waals surface area contributed by atoms with Gasteiger partial charge in [-0.15, -0.1) is 0 Å². The predicted molar refractivity (Wildman–Crippen MR) is 124 cm³/mol. The molecule has 0 spiro atoms. The summed E-state index contributed by atoms with van der Waals surface area (Å²) < 4.78 is 36.2. The maximum Gasteiger partial charge on any atom is 0.225 e. The van der Waals surface area contributed by atoms with E-state index in [2.05, 4.69) is 21.8 Å². The number of hydrogen-bond donors (Lipinski definition) is 0. The fourth-order valence-electron chi connectivity index (χ4n) is 3.77. The molecule has 0 aliphatic carbocycles. The van der Waals surface area contributed by atoms with Gasteiger partial charge in [0.2, 0.25) is 16.0 Å². The molecule has 0 unspecified atom stereocenters. The van der Waals surface area contributed by atoms with Crippen molar-refractivity contribution in [1.29, 1.82) is 0 Å². The Balaban J connectivity index is 1.23. The van der Waals surface area contributed by atoms with Crippen LogP contribution in [0.3, 0.4) is 0 Å². The highest BCUT2D eigenvalue weighted by Gasteiger charge is 2.33. The summed E-state index contributed by atoms with van der Waals surface area (Å²) >= 11 is 6.45. The molecule has 4 rings (SSSR count). The van der Waals surface area contributed by atoms with E-state index < -0.39 is 10.0 Å². The Morgan fingerprint density at radius 2 is 1.78 bits per heavy atom. The molecule has 1 aromatic heterocycles. The Labute approximate surface area is 194 Å². The van der Waals surface area contributed by atoms with Crippen LogP contribution in [0.5, 0.6) is 5.75 Å². The number of ether oxygens (including phenoxy) is 2. The van der Waals surface area contributed by atoms with Gasteiger partial charge in [-0.25, -0.2) is 18.4 Å². The Morgan fingerprint density at radius 3 is 2.38 bits per heavy atom. The molecule has 32 heavy (non-hydrogen) atoms. The third kappa shape index (κ3) is 5.70. The van der Waals surface area contributed by atoms with Gasteiger partial charge in [0.15, 0.2) is 0 Å². The van der Waals surface area contributed by atoms with Crippen LogP contribution in [0, 0.1) is 0 Å². The highest BCUT2D eigenvalue weighted by molar-refractivity contribution is 7.88. The standard InChI is InChI=1S/C22H29ClN4O4S/c1-3-16-11-24-22(25-12-16)26-8-6-18(7-9-26)31-21-5-4-17(10-20(21)23)15-30-19-13-27(14-19)32(2,28)29/h4-5,10-12,18-19H,3,6-9,13-15H2,1-2H3. The fraction of sp³-hybridized carbons (Fsp3) is 0.545. The van der Waals surface area contributed by atoms with E-state index in [1.807, 2.05) is 30.6 Å². The van der Waals surface area contributed by atoms with Gasteiger partial charge >= 0.3 is 0 Å². The quantitative estimate of drug-likeness (QED) is 0.574. The van der Waals surface area contributed by atoms with E-state index in [0.717, 1.165) is 49.4 Å². The molecule has 174 valence electrons. The Hall–Kier alpha value is -1.94. The number of aryl methyl sites for hydroxylation is 1. The number of rotatable bonds is 8. The van der Waals surface area contributed by atoms with Gasteiger partial charge in [-0.1, -0.05) is 24.6 Å². The SMILES string of the molecule is CCc1cnc(N2CCC(Oc3ccc(COC4CN(S(C)(=O)=O)C4)cc3Cl)CC2)nc1. The molecular weight excluding hydrogens is 452 g/mol. The highest BCUT2D eigenvalue weighted by atomic mass is 35.5. The maximum atomic E-state index is 11.4. The molecule has 0 bridgehead atoms. The maximum absolute atomic E-state index is 11.4. The summed E-state index contributed by atoms with van der Waals surface area (Å²) in [6, 6.07) is 5.66. The largest absolute Gasteiger partial charge is 0.489 e. The second-order valence-electron chi connectivity index (χ2n) is 8.33. The van der Waals surface area contributed by atoms with E-state index in [-0.39, 0.29) is 12.2 Å². The summed E-state index contributed by atoms with van der Waals surface area (Å²) in [4.78, 5) is 11.1. The highest BCUT2D eigenvalue weighted by Crippen LogP contribution is 2.29. The van der Waals surface area contributed by atoms with Gasteiger partial charge in [0.05, 0.1) is 24.0 Å². The van der Waals surface area contributed by atoms with Gasteiger partial charge in [-0.2, -0.15) is 4.31 Å². The van der Waals surface area contributed by atoms with Crippen LogP contribution in [0.2, 0.25) is 5.02 Å². The first kappa shape index (κ1) is 23.2. The van der Waals surface area contributed by atoms with Crippen molar-refractivity contribution in [2.75, 3.05) is 37.3 Å². The summed E-state index contributed by atoms with van der Waals surface area (Å²) in [6.45, 7) is 4.96. The third-order valence-corrected chi connectivity index (χ3v) is 7.42. The van der Waals surface area contributed by atoms with Crippen LogP contribution >= 0.6 is 11.6 Å². The van der Waals surface area contributed by atoms with Gasteiger partial charge in [0.25, 0.3) is 0 Å². The van der Waals surface area contributed by atoms with Crippen LogP contribution in [0.15, 0.2) is 30.6 Å². The van der Waals surface area contributed by atoms with Gasteiger partial charge in [-0.05, 0) is 29.7 Å². The molecule has 8 nitrogen and oxygen atoms in total. The average molecular weight is 481 g/mol. The van der Waals surface area contributed by atoms with Crippen molar-refractivity contribution in [3.8, 4) is 5.75 Å². The summed E-state index contributed by atoms with van der Waals surface area (Å²) in [5, 5.41) is 0.554. The zero-order chi connectivity index (χ0) is 22.7. The molecule has 2 aromatic rings. The van der Waals surface area contributed by atoms with Crippen molar-refractivity contribution >= 4 is 27.6 Å². The first-order valence-corrected chi connectivity index (χ1v) is 13.1. The van der Waals surface area contributed by atoms with Crippen molar-refractivity contribution in [2.24, 2.45) is 0 Å². The van der Waals surface area contributed by atoms with E-state index in [4.69, 9.17) is 21.1 Å². The number of benzene rings is 1. The van der Waals surface area contributed by atoms with Gasteiger partial charge in [-0.3, -0.25) is 0 Å². The Bertz CT molecular complexity index is 1020. The lowest BCUT2D eigenvalue weighted by Crippen LogP contribution is -2.54. The molecule has 0 N–H and O–H groups in total. The zero-order valence-electron chi connectivity index (χ0n) is 18.4. The summed E-state index contributed by atoms with van der Waals surface area (Å²) in [5.41, 5.74) is 2.07. The van der Waals surface area contributed by atoms with Gasteiger partial charge < -0.3 is 14.4 Å². The monoisotopic (exact) mass is 480 g/mol. The third-order valence-electron chi connectivity index (χ3n) is 5.88. The molecule has 0 atom stereocenters. The summed E-state index contributed by atoms with van der Waals surface area (Å²) in [7, 11) is -3.13. The summed E-state index contributed by atoms with van der Waals surface area (Å²) in [5.74, 6) is 1.44. The first-order valence-electron chi connectivity index (χ1n) is 10.9. The number of piperidine rings is 1. The molecule has 0 amide bonds. The molecule has 0 radical (unpaired) electrons. The van der Waals surface area contributed by atoms with Crippen molar-refractivity contribution in [2.45, 2.75) is 45.0 Å². The minimum Gasteiger partial charge on any atom is -0.489 e. The lowest BCUT2D eigenvalue weighted by molar-refractivity contribution is -0.0293. The van der Waals surface area contributed by atoms with E-state index in [1.165, 1.54) is 10.6 Å². The second-order valence-corrected chi connectivity index (χ2v) is 10.7. The predicted octanol–water partition coefficient (Wildman–Crippen LogP) is 2.90. The van der Waals surface area contributed by atoms with E-state index in [1.54, 1.807) is 0 Å². The fourth-order valence-corrected chi connectivity index (χ4v) is 4.89. The van der Waals surface area contributed by atoms with Crippen LogP contribution in [-0.4, -0.2) is 67.3 Å². The number of halogens is 1. The molecule has 2 aliphatic heterocycles. The molecule has 0 saturated carbocycles. The smallest absolute Gasteiger partial charge is 0.225 e. The van der Waals surface area contributed by atoms with Crippen LogP contribution < -0.4 is 9.64 Å². The molecule has 1 aromatic carbocycles. The topological polar surface area (TPSA) is 84.9 Å². The van der Waals surface area contributed by atoms with Gasteiger partial charge in [0.1, 0.15) is 11.9 Å². The molecule has 2 saturated heterocycles. The minimum atomic E-state index is -3.13. The number of sulfonamides is 1. The average Bonchev–Trinajstić information content (AvgIpc) is 2.74. The van der Waals surface area contributed by atoms with Crippen LogP contribution in [0.4, 0.5) is 5.95 Å². The molecule has 10 heteroatoms. The van der Waals surface area contributed by atoms with E-state index in [0.29, 0.717) is 30.5 Å². The van der Waals surface area contributed by atoms with Crippen molar-refractivity contribution in [3.05, 3.63) is 46.7 Å². The molecule has 2 aliphatic rings. The number of anilines is 1. The lowest BCUT2D eigenvalue weighted by atomic mass is 10.1. The number of nitrogens with zero attached hydrogens (tertiary/aromatic N) is 4. The minimum absolute atomic E-state index is 0.0771. The van der Waals surface area contributed by atoms with E-state index in [9.17, 15) is 8.42 Å². The zero-order valence-corrected chi connectivity index (χ0v) is 20.0. The van der Waals surface area contributed by atoms with Crippen LogP contribution in [0.1, 0.15) is 30.9 Å².